The second-order valence-electron chi connectivity index (χ2n) is 5.68. The van der Waals surface area contributed by atoms with Crippen LogP contribution in [0.4, 0.5) is 5.13 Å². The Morgan fingerprint density at radius 2 is 2.04 bits per heavy atom. The lowest BCUT2D eigenvalue weighted by Crippen LogP contribution is -2.12. The molecule has 0 saturated carbocycles. The van der Waals surface area contributed by atoms with Crippen LogP contribution in [0, 0.1) is 0 Å². The van der Waals surface area contributed by atoms with Gasteiger partial charge in [-0.25, -0.2) is 4.98 Å². The van der Waals surface area contributed by atoms with Gasteiger partial charge in [0, 0.05) is 16.3 Å². The number of hydrogen-bond acceptors (Lipinski definition) is 6. The maximum absolute atomic E-state index is 12.5. The number of nitrogens with zero attached hydrogens (tertiary/aromatic N) is 2. The first-order valence-corrected chi connectivity index (χ1v) is 8.76. The van der Waals surface area contributed by atoms with E-state index in [1.165, 1.54) is 11.3 Å². The van der Waals surface area contributed by atoms with Gasteiger partial charge in [-0.05, 0) is 24.3 Å². The van der Waals surface area contributed by atoms with E-state index >= 15 is 0 Å². The average Bonchev–Trinajstić information content (AvgIpc) is 3.39. The zero-order valence-electron chi connectivity index (χ0n) is 13.4. The van der Waals surface area contributed by atoms with E-state index in [1.807, 2.05) is 47.8 Å². The third-order valence-corrected chi connectivity index (χ3v) is 4.84. The molecular weight excluding hydrogens is 352 g/mol. The van der Waals surface area contributed by atoms with Crippen LogP contribution in [-0.4, -0.2) is 27.9 Å². The highest BCUT2D eigenvalue weighted by molar-refractivity contribution is 7.14. The fourth-order valence-electron chi connectivity index (χ4n) is 2.81. The minimum Gasteiger partial charge on any atom is -0.454 e. The Kier molecular flexibility index (Phi) is 3.36. The van der Waals surface area contributed by atoms with Crippen LogP contribution in [0.3, 0.4) is 0 Å². The van der Waals surface area contributed by atoms with Crippen LogP contribution in [0.1, 0.15) is 10.5 Å². The van der Waals surface area contributed by atoms with Crippen LogP contribution < -0.4 is 14.8 Å². The third kappa shape index (κ3) is 2.47. The maximum Gasteiger partial charge on any atom is 0.278 e. The standard InChI is InChI=1S/C18H12N4O3S/c23-17(16-11-3-1-2-4-12(11)21-22-16)20-18-19-13(8-26-18)10-5-6-14-15(7-10)25-9-24-14/h1-8H,9H2,(H,21,22)(H,19,20,23). The first-order chi connectivity index (χ1) is 12.8. The quantitative estimate of drug-likeness (QED) is 0.579. The number of anilines is 1. The van der Waals surface area contributed by atoms with Gasteiger partial charge in [0.05, 0.1) is 11.2 Å². The van der Waals surface area contributed by atoms with E-state index in [1.54, 1.807) is 0 Å². The fourth-order valence-corrected chi connectivity index (χ4v) is 3.53. The summed E-state index contributed by atoms with van der Waals surface area (Å²) in [4.78, 5) is 17.0. The van der Waals surface area contributed by atoms with Crippen molar-refractivity contribution in [2.75, 3.05) is 12.1 Å². The van der Waals surface area contributed by atoms with Crippen molar-refractivity contribution in [3.05, 3.63) is 53.5 Å². The van der Waals surface area contributed by atoms with E-state index in [0.29, 0.717) is 16.6 Å². The molecule has 1 aliphatic rings. The number of nitrogens with one attached hydrogen (secondary N) is 2. The van der Waals surface area contributed by atoms with Crippen molar-refractivity contribution in [3.63, 3.8) is 0 Å². The van der Waals surface area contributed by atoms with Gasteiger partial charge in [-0.1, -0.05) is 18.2 Å². The molecule has 0 atom stereocenters. The molecule has 5 rings (SSSR count). The fraction of sp³-hybridized carbons (Fsp3) is 0.0556. The summed E-state index contributed by atoms with van der Waals surface area (Å²) in [5, 5.41) is 12.9. The zero-order valence-corrected chi connectivity index (χ0v) is 14.2. The van der Waals surface area contributed by atoms with Crippen LogP contribution in [-0.2, 0) is 0 Å². The molecule has 3 heterocycles. The van der Waals surface area contributed by atoms with Crippen LogP contribution in [0.25, 0.3) is 22.2 Å². The summed E-state index contributed by atoms with van der Waals surface area (Å²) in [7, 11) is 0. The van der Waals surface area contributed by atoms with Crippen LogP contribution in [0.5, 0.6) is 11.5 Å². The van der Waals surface area contributed by atoms with E-state index in [0.717, 1.165) is 27.9 Å². The van der Waals surface area contributed by atoms with E-state index < -0.39 is 0 Å². The van der Waals surface area contributed by atoms with Gasteiger partial charge in [0.1, 0.15) is 0 Å². The number of H-pyrrole nitrogens is 1. The van der Waals surface area contributed by atoms with Crippen molar-refractivity contribution < 1.29 is 14.3 Å². The molecule has 0 fully saturated rings. The molecule has 8 heteroatoms. The third-order valence-electron chi connectivity index (χ3n) is 4.08. The van der Waals surface area contributed by atoms with Crippen molar-refractivity contribution >= 4 is 33.3 Å². The Bertz CT molecular complexity index is 1130. The lowest BCUT2D eigenvalue weighted by Gasteiger charge is -2.00. The molecule has 7 nitrogen and oxygen atoms in total. The van der Waals surface area contributed by atoms with Gasteiger partial charge < -0.3 is 9.47 Å². The molecule has 1 amide bonds. The van der Waals surface area contributed by atoms with Crippen molar-refractivity contribution in [2.45, 2.75) is 0 Å². The Labute approximate surface area is 151 Å². The number of benzene rings is 2. The molecule has 4 aromatic rings. The van der Waals surface area contributed by atoms with Gasteiger partial charge in [-0.15, -0.1) is 11.3 Å². The number of hydrogen-bond donors (Lipinski definition) is 2. The SMILES string of the molecule is O=C(Nc1nc(-c2ccc3c(c2)OCO3)cs1)c1n[nH]c2ccccc12. The van der Waals surface area contributed by atoms with E-state index in [2.05, 4.69) is 20.5 Å². The van der Waals surface area contributed by atoms with Crippen molar-refractivity contribution in [1.82, 2.24) is 15.2 Å². The molecule has 0 bridgehead atoms. The van der Waals surface area contributed by atoms with E-state index in [4.69, 9.17) is 9.47 Å². The maximum atomic E-state index is 12.5. The minimum atomic E-state index is -0.297. The lowest BCUT2D eigenvalue weighted by atomic mass is 10.1. The summed E-state index contributed by atoms with van der Waals surface area (Å²) in [5.74, 6) is 1.13. The topological polar surface area (TPSA) is 89.1 Å². The van der Waals surface area contributed by atoms with Gasteiger partial charge in [-0.2, -0.15) is 5.10 Å². The van der Waals surface area contributed by atoms with Gasteiger partial charge in [-0.3, -0.25) is 15.2 Å². The summed E-state index contributed by atoms with van der Waals surface area (Å²) in [6.45, 7) is 0.231. The normalized spacial score (nSPS) is 12.5. The number of carbonyl (C=O) groups excluding carboxylic acids is 1. The van der Waals surface area contributed by atoms with Crippen molar-refractivity contribution in [2.24, 2.45) is 0 Å². The molecule has 0 saturated heterocycles. The number of amides is 1. The summed E-state index contributed by atoms with van der Waals surface area (Å²) in [5.41, 5.74) is 2.82. The number of fused-ring (bicyclic) bond motifs is 2. The molecular formula is C18H12N4O3S. The molecule has 128 valence electrons. The number of carbonyl (C=O) groups is 1. The van der Waals surface area contributed by atoms with Gasteiger partial charge in [0.25, 0.3) is 5.91 Å². The highest BCUT2D eigenvalue weighted by Gasteiger charge is 2.17. The summed E-state index contributed by atoms with van der Waals surface area (Å²) >= 11 is 1.36. The van der Waals surface area contributed by atoms with Crippen LogP contribution >= 0.6 is 11.3 Å². The largest absolute Gasteiger partial charge is 0.454 e. The molecule has 2 aromatic carbocycles. The van der Waals surface area contributed by atoms with Crippen LogP contribution in [0.2, 0.25) is 0 Å². The molecule has 0 spiro atoms. The predicted octanol–water partition coefficient (Wildman–Crippen LogP) is 3.67. The van der Waals surface area contributed by atoms with E-state index in [-0.39, 0.29) is 12.7 Å². The second-order valence-corrected chi connectivity index (χ2v) is 6.54. The average molecular weight is 364 g/mol. The number of rotatable bonds is 3. The first-order valence-electron chi connectivity index (χ1n) is 7.88. The lowest BCUT2D eigenvalue weighted by molar-refractivity contribution is 0.102. The molecule has 0 radical (unpaired) electrons. The Morgan fingerprint density at radius 3 is 3.00 bits per heavy atom. The second kappa shape index (κ2) is 5.85. The number of ether oxygens (including phenoxy) is 2. The smallest absolute Gasteiger partial charge is 0.278 e. The number of aromatic nitrogens is 3. The van der Waals surface area contributed by atoms with Crippen molar-refractivity contribution in [3.8, 4) is 22.8 Å². The predicted molar refractivity (Wildman–Crippen MR) is 97.7 cm³/mol. The first kappa shape index (κ1) is 14.9. The molecule has 1 aliphatic heterocycles. The van der Waals surface area contributed by atoms with Gasteiger partial charge in [0.2, 0.25) is 6.79 Å². The van der Waals surface area contributed by atoms with E-state index in [9.17, 15) is 4.79 Å². The minimum absolute atomic E-state index is 0.231. The van der Waals surface area contributed by atoms with Crippen molar-refractivity contribution in [1.29, 1.82) is 0 Å². The molecule has 2 N–H and O–H groups in total. The van der Waals surface area contributed by atoms with Crippen LogP contribution in [0.15, 0.2) is 47.8 Å². The molecule has 0 aliphatic carbocycles. The summed E-state index contributed by atoms with van der Waals surface area (Å²) < 4.78 is 10.7. The highest BCUT2D eigenvalue weighted by Crippen LogP contribution is 2.36. The molecule has 0 unspecified atom stereocenters. The number of thiazole rings is 1. The highest BCUT2D eigenvalue weighted by atomic mass is 32.1. The number of para-hydroxylation sites is 1. The van der Waals surface area contributed by atoms with Gasteiger partial charge in [0.15, 0.2) is 22.3 Å². The summed E-state index contributed by atoms with van der Waals surface area (Å²) in [6, 6.07) is 13.1. The monoisotopic (exact) mass is 364 g/mol. The molecule has 2 aromatic heterocycles. The van der Waals surface area contributed by atoms with Gasteiger partial charge >= 0.3 is 0 Å². The Balaban J connectivity index is 1.39. The molecule has 26 heavy (non-hydrogen) atoms. The Morgan fingerprint density at radius 1 is 1.15 bits per heavy atom. The Hall–Kier alpha value is -3.39. The zero-order chi connectivity index (χ0) is 17.5. The number of aromatic amines is 1. The summed E-state index contributed by atoms with van der Waals surface area (Å²) in [6.07, 6.45) is 0.